The number of ketones is 1. The number of non-ortho nitro benzene ring substituents is 1. The van der Waals surface area contributed by atoms with Gasteiger partial charge in [-0.2, -0.15) is 0 Å². The van der Waals surface area contributed by atoms with Gasteiger partial charge in [0.25, 0.3) is 17.4 Å². The normalized spacial score (nSPS) is 16.6. The average molecular weight is 275 g/mol. The quantitative estimate of drug-likeness (QED) is 0.486. The fraction of sp³-hybridized carbons (Fsp3) is 0.250. The number of carbonyl (C=O) groups is 3. The molecule has 0 saturated heterocycles. The number of nitro groups is 1. The third kappa shape index (κ3) is 1.91. The van der Waals surface area contributed by atoms with Gasteiger partial charge in [-0.05, 0) is 12.8 Å². The first kappa shape index (κ1) is 12.3. The van der Waals surface area contributed by atoms with Crippen LogP contribution in [-0.2, 0) is 9.59 Å². The molecule has 2 N–H and O–H groups in total. The van der Waals surface area contributed by atoms with Crippen molar-refractivity contribution < 1.29 is 19.3 Å². The molecule has 3 rings (SSSR count). The molecule has 102 valence electrons. The molecule has 2 amide bonds. The monoisotopic (exact) mass is 275 g/mol. The van der Waals surface area contributed by atoms with Crippen molar-refractivity contribution in [3.05, 3.63) is 27.8 Å². The molecule has 1 aliphatic heterocycles. The van der Waals surface area contributed by atoms with E-state index in [4.69, 9.17) is 0 Å². The van der Waals surface area contributed by atoms with Crippen molar-refractivity contribution in [2.45, 2.75) is 12.8 Å². The Kier molecular flexibility index (Phi) is 2.53. The minimum atomic E-state index is -0.859. The molecule has 8 nitrogen and oxygen atoms in total. The molecule has 8 heteroatoms. The van der Waals surface area contributed by atoms with Crippen molar-refractivity contribution in [2.75, 3.05) is 10.6 Å². The number of benzene rings is 1. The molecule has 0 unspecified atom stereocenters. The maximum Gasteiger partial charge on any atom is 0.296 e. The van der Waals surface area contributed by atoms with Crippen LogP contribution in [0.1, 0.15) is 23.2 Å². The summed E-state index contributed by atoms with van der Waals surface area (Å²) in [5.41, 5.74) is -0.222. The summed E-state index contributed by atoms with van der Waals surface area (Å²) >= 11 is 0. The molecule has 1 heterocycles. The summed E-state index contributed by atoms with van der Waals surface area (Å²) in [6.07, 6.45) is 1.54. The van der Waals surface area contributed by atoms with Gasteiger partial charge in [-0.1, -0.05) is 0 Å². The molecule has 0 atom stereocenters. The lowest BCUT2D eigenvalue weighted by Crippen LogP contribution is -2.15. The van der Waals surface area contributed by atoms with Gasteiger partial charge in [0.1, 0.15) is 0 Å². The zero-order chi connectivity index (χ0) is 14.4. The molecule has 1 saturated carbocycles. The Morgan fingerprint density at radius 2 is 2.05 bits per heavy atom. The molecule has 1 aromatic carbocycles. The maximum absolute atomic E-state index is 11.7. The highest BCUT2D eigenvalue weighted by atomic mass is 16.6. The summed E-state index contributed by atoms with van der Waals surface area (Å²) < 4.78 is 0. The number of anilines is 2. The molecule has 0 spiro atoms. The number of hydrogen-bond acceptors (Lipinski definition) is 5. The van der Waals surface area contributed by atoms with E-state index in [9.17, 15) is 24.5 Å². The van der Waals surface area contributed by atoms with E-state index in [1.54, 1.807) is 0 Å². The van der Waals surface area contributed by atoms with E-state index in [1.807, 2.05) is 0 Å². The summed E-state index contributed by atoms with van der Waals surface area (Å²) in [6.45, 7) is 0. The van der Waals surface area contributed by atoms with Gasteiger partial charge >= 0.3 is 0 Å². The Balaban J connectivity index is 2.05. The van der Waals surface area contributed by atoms with E-state index in [0.29, 0.717) is 0 Å². The third-order valence-corrected chi connectivity index (χ3v) is 3.23. The minimum Gasteiger partial charge on any atom is -0.324 e. The van der Waals surface area contributed by atoms with Crippen LogP contribution < -0.4 is 10.6 Å². The van der Waals surface area contributed by atoms with Gasteiger partial charge < -0.3 is 10.6 Å². The molecule has 20 heavy (non-hydrogen) atoms. The van der Waals surface area contributed by atoms with Crippen LogP contribution in [0.5, 0.6) is 0 Å². The van der Waals surface area contributed by atoms with Gasteiger partial charge in [0, 0.05) is 18.1 Å². The van der Waals surface area contributed by atoms with Crippen LogP contribution in [0.4, 0.5) is 17.1 Å². The second kappa shape index (κ2) is 4.12. The first-order valence-corrected chi connectivity index (χ1v) is 5.96. The number of amides is 2. The number of Topliss-reactive ketones (excluding diaryl/α,β-unsaturated/α-hetero) is 1. The van der Waals surface area contributed by atoms with Gasteiger partial charge in [0.2, 0.25) is 5.91 Å². The first-order chi connectivity index (χ1) is 9.47. The van der Waals surface area contributed by atoms with Crippen LogP contribution in [0.25, 0.3) is 0 Å². The highest BCUT2D eigenvalue weighted by Gasteiger charge is 2.35. The number of nitrogens with one attached hydrogen (secondary N) is 2. The van der Waals surface area contributed by atoms with Crippen molar-refractivity contribution in [2.24, 2.45) is 5.92 Å². The average Bonchev–Trinajstić information content (AvgIpc) is 3.19. The van der Waals surface area contributed by atoms with Crippen molar-refractivity contribution in [3.8, 4) is 0 Å². The second-order valence-corrected chi connectivity index (χ2v) is 4.72. The Morgan fingerprint density at radius 1 is 1.35 bits per heavy atom. The predicted octanol–water partition coefficient (Wildman–Crippen LogP) is 1.08. The number of fused-ring (bicyclic) bond motifs is 1. The standard InChI is InChI=1S/C12H9N3O5/c16-10-7-3-6(15(19)20)4-8(9(7)14-12(10)18)13-11(17)5-1-2-5/h3-5H,1-2H2,(H,13,17)(H,14,16,18). The van der Waals surface area contributed by atoms with Crippen molar-refractivity contribution >= 4 is 34.7 Å². The van der Waals surface area contributed by atoms with E-state index >= 15 is 0 Å². The van der Waals surface area contributed by atoms with Crippen molar-refractivity contribution in [1.29, 1.82) is 0 Å². The molecule has 0 bridgehead atoms. The van der Waals surface area contributed by atoms with Crippen LogP contribution in [0.3, 0.4) is 0 Å². The van der Waals surface area contributed by atoms with Crippen molar-refractivity contribution in [1.82, 2.24) is 0 Å². The van der Waals surface area contributed by atoms with Crippen LogP contribution in [-0.4, -0.2) is 22.5 Å². The van der Waals surface area contributed by atoms with Gasteiger partial charge in [-0.15, -0.1) is 0 Å². The fourth-order valence-electron chi connectivity index (χ4n) is 2.02. The lowest BCUT2D eigenvalue weighted by molar-refractivity contribution is -0.384. The molecular formula is C12H9N3O5. The van der Waals surface area contributed by atoms with Gasteiger partial charge in [-0.25, -0.2) is 0 Å². The zero-order valence-corrected chi connectivity index (χ0v) is 10.1. The molecular weight excluding hydrogens is 266 g/mol. The summed E-state index contributed by atoms with van der Waals surface area (Å²) in [5, 5.41) is 15.7. The Bertz CT molecular complexity index is 678. The molecule has 1 aliphatic carbocycles. The topological polar surface area (TPSA) is 118 Å². The van der Waals surface area contributed by atoms with E-state index in [1.165, 1.54) is 0 Å². The van der Waals surface area contributed by atoms with E-state index < -0.39 is 16.6 Å². The molecule has 2 aliphatic rings. The summed E-state index contributed by atoms with van der Waals surface area (Å²) in [5.74, 6) is -2.06. The molecule has 0 radical (unpaired) electrons. The number of nitrogens with zero attached hydrogens (tertiary/aromatic N) is 1. The molecule has 0 aromatic heterocycles. The van der Waals surface area contributed by atoms with E-state index in [2.05, 4.69) is 10.6 Å². The van der Waals surface area contributed by atoms with Crippen LogP contribution in [0.2, 0.25) is 0 Å². The number of rotatable bonds is 3. The minimum absolute atomic E-state index is 0.0877. The Hall–Kier alpha value is -2.77. The smallest absolute Gasteiger partial charge is 0.296 e. The lowest BCUT2D eigenvalue weighted by atomic mass is 10.1. The van der Waals surface area contributed by atoms with E-state index in [-0.39, 0.29) is 34.5 Å². The van der Waals surface area contributed by atoms with Gasteiger partial charge in [-0.3, -0.25) is 24.5 Å². The maximum atomic E-state index is 11.7. The first-order valence-electron chi connectivity index (χ1n) is 5.96. The van der Waals surface area contributed by atoms with Crippen LogP contribution in [0.15, 0.2) is 12.1 Å². The predicted molar refractivity (Wildman–Crippen MR) is 67.4 cm³/mol. The van der Waals surface area contributed by atoms with E-state index in [0.717, 1.165) is 25.0 Å². The van der Waals surface area contributed by atoms with Crippen molar-refractivity contribution in [3.63, 3.8) is 0 Å². The summed E-state index contributed by atoms with van der Waals surface area (Å²) in [7, 11) is 0. The zero-order valence-electron chi connectivity index (χ0n) is 10.1. The largest absolute Gasteiger partial charge is 0.324 e. The molecule has 1 fully saturated rings. The van der Waals surface area contributed by atoms with Crippen LogP contribution >= 0.6 is 0 Å². The van der Waals surface area contributed by atoms with Crippen LogP contribution in [0, 0.1) is 16.0 Å². The number of carbonyl (C=O) groups excluding carboxylic acids is 3. The van der Waals surface area contributed by atoms with Gasteiger partial charge in [0.05, 0.1) is 21.9 Å². The molecule has 1 aromatic rings. The highest BCUT2D eigenvalue weighted by Crippen LogP contribution is 2.37. The number of nitro benzene ring substituents is 1. The van der Waals surface area contributed by atoms with Gasteiger partial charge in [0.15, 0.2) is 0 Å². The summed E-state index contributed by atoms with van der Waals surface area (Å²) in [6, 6.07) is 2.17. The third-order valence-electron chi connectivity index (χ3n) is 3.23. The Labute approximate surface area is 112 Å². The number of hydrogen-bond donors (Lipinski definition) is 2. The summed E-state index contributed by atoms with van der Waals surface area (Å²) in [4.78, 5) is 44.9. The lowest BCUT2D eigenvalue weighted by Gasteiger charge is -2.09. The SMILES string of the molecule is O=C1Nc2c(NC(=O)C3CC3)cc([N+](=O)[O-])cc2C1=O. The second-order valence-electron chi connectivity index (χ2n) is 4.72. The highest BCUT2D eigenvalue weighted by molar-refractivity contribution is 6.52. The fourth-order valence-corrected chi connectivity index (χ4v) is 2.02. The Morgan fingerprint density at radius 3 is 2.65 bits per heavy atom.